The maximum absolute atomic E-state index is 13.9. The SMILES string of the molecule is C=C[C@@H]1C[C@]1(NC(=O)[C@@H]1C[C@@H](Oc2cc(-c3csc(NC(C)C)n3)nc3cc(OC)ccc23)CN1)C(=O)NS(=O)(=O)N(C(=O)CCCCCCCC(=O)O)c1ccccc1. The number of carbonyl (C=O) groups excluding carboxylic acids is 3. The Morgan fingerprint density at radius 1 is 1.03 bits per heavy atom. The van der Waals surface area contributed by atoms with Crippen molar-refractivity contribution >= 4 is 67.0 Å². The molecule has 4 aromatic rings. The molecule has 2 fully saturated rings. The second kappa shape index (κ2) is 19.2. The Kier molecular flexibility index (Phi) is 14.1. The van der Waals surface area contributed by atoms with Gasteiger partial charge in [-0.3, -0.25) is 19.2 Å². The number of anilines is 2. The summed E-state index contributed by atoms with van der Waals surface area (Å²) >= 11 is 1.47. The molecule has 2 aliphatic rings. The van der Waals surface area contributed by atoms with Crippen molar-refractivity contribution in [3.8, 4) is 22.9 Å². The van der Waals surface area contributed by atoms with Crippen molar-refractivity contribution < 1.29 is 42.2 Å². The molecule has 0 bridgehead atoms. The van der Waals surface area contributed by atoms with Crippen LogP contribution < -0.4 is 34.5 Å². The van der Waals surface area contributed by atoms with Gasteiger partial charge in [-0.15, -0.1) is 17.9 Å². The molecule has 4 atom stereocenters. The Bertz CT molecular complexity index is 2320. The van der Waals surface area contributed by atoms with Gasteiger partial charge in [0.1, 0.15) is 28.8 Å². The fraction of sp³-hybridized carbons (Fsp3) is 0.429. The molecule has 0 unspecified atom stereocenters. The van der Waals surface area contributed by atoms with E-state index in [1.165, 1.54) is 29.5 Å². The van der Waals surface area contributed by atoms with Crippen LogP contribution in [0.1, 0.15) is 71.6 Å². The average molecular weight is 862 g/mol. The van der Waals surface area contributed by atoms with E-state index in [0.29, 0.717) is 71.4 Å². The molecule has 2 aromatic carbocycles. The molecule has 3 heterocycles. The van der Waals surface area contributed by atoms with Gasteiger partial charge in [0.2, 0.25) is 11.8 Å². The smallest absolute Gasteiger partial charge is 0.332 e. The summed E-state index contributed by atoms with van der Waals surface area (Å²) in [5, 5.41) is 21.5. The van der Waals surface area contributed by atoms with E-state index in [1.54, 1.807) is 25.3 Å². The van der Waals surface area contributed by atoms with Gasteiger partial charge in [-0.25, -0.2) is 14.7 Å². The first-order valence-corrected chi connectivity index (χ1v) is 22.3. The quantitative estimate of drug-likeness (QED) is 0.0512. The molecule has 5 N–H and O–H groups in total. The van der Waals surface area contributed by atoms with Gasteiger partial charge in [0.15, 0.2) is 5.13 Å². The van der Waals surface area contributed by atoms with Gasteiger partial charge in [-0.05, 0) is 57.4 Å². The molecule has 1 saturated carbocycles. The number of hydrogen-bond donors (Lipinski definition) is 5. The predicted molar refractivity (Wildman–Crippen MR) is 229 cm³/mol. The number of rotatable bonds is 21. The topological polar surface area (TPSA) is 218 Å². The number of ether oxygens (including phenoxy) is 2. The Balaban J connectivity index is 1.12. The molecule has 0 spiro atoms. The van der Waals surface area contributed by atoms with Crippen LogP contribution in [0.5, 0.6) is 11.5 Å². The van der Waals surface area contributed by atoms with Gasteiger partial charge >= 0.3 is 16.2 Å². The lowest BCUT2D eigenvalue weighted by Crippen LogP contribution is -2.57. The lowest BCUT2D eigenvalue weighted by atomic mass is 10.1. The third-order valence-electron chi connectivity index (χ3n) is 10.4. The molecule has 6 rings (SSSR count). The molecule has 16 nitrogen and oxygen atoms in total. The van der Waals surface area contributed by atoms with Crippen molar-refractivity contribution in [2.75, 3.05) is 23.3 Å². The van der Waals surface area contributed by atoms with E-state index >= 15 is 0 Å². The highest BCUT2D eigenvalue weighted by atomic mass is 32.2. The number of para-hydroxylation sites is 1. The lowest BCUT2D eigenvalue weighted by Gasteiger charge is -2.25. The summed E-state index contributed by atoms with van der Waals surface area (Å²) in [6.45, 7) is 8.16. The first-order valence-electron chi connectivity index (χ1n) is 20.0. The van der Waals surface area contributed by atoms with E-state index < -0.39 is 57.5 Å². The molecule has 18 heteroatoms. The maximum Gasteiger partial charge on any atom is 0.332 e. The summed E-state index contributed by atoms with van der Waals surface area (Å²) in [6.07, 6.45) is 4.16. The zero-order chi connectivity index (χ0) is 43.0. The molecule has 60 heavy (non-hydrogen) atoms. The molecular weight excluding hydrogens is 811 g/mol. The summed E-state index contributed by atoms with van der Waals surface area (Å²) in [6, 6.07) is 14.5. The van der Waals surface area contributed by atoms with Gasteiger partial charge in [-0.2, -0.15) is 12.7 Å². The number of nitrogens with zero attached hydrogens (tertiary/aromatic N) is 3. The zero-order valence-corrected chi connectivity index (χ0v) is 35.4. The fourth-order valence-corrected chi connectivity index (χ4v) is 9.29. The number of hydrogen-bond acceptors (Lipinski definition) is 13. The van der Waals surface area contributed by atoms with E-state index in [0.717, 1.165) is 10.5 Å². The monoisotopic (exact) mass is 861 g/mol. The van der Waals surface area contributed by atoms with E-state index in [4.69, 9.17) is 24.5 Å². The van der Waals surface area contributed by atoms with Crippen molar-refractivity contribution in [1.82, 2.24) is 25.3 Å². The van der Waals surface area contributed by atoms with Gasteiger partial charge < -0.3 is 30.5 Å². The summed E-state index contributed by atoms with van der Waals surface area (Å²) in [5.41, 5.74) is 0.346. The minimum absolute atomic E-state index is 0.0484. The van der Waals surface area contributed by atoms with Crippen LogP contribution in [-0.2, 0) is 29.4 Å². The molecule has 2 aromatic heterocycles. The average Bonchev–Trinajstić information content (AvgIpc) is 3.45. The molecular formula is C42H51N7O9S2. The largest absolute Gasteiger partial charge is 0.497 e. The summed E-state index contributed by atoms with van der Waals surface area (Å²) in [5.74, 6) is -2.51. The van der Waals surface area contributed by atoms with Crippen molar-refractivity contribution in [3.63, 3.8) is 0 Å². The Hall–Kier alpha value is -5.59. The van der Waals surface area contributed by atoms with Crippen LogP contribution in [0.2, 0.25) is 0 Å². The second-order valence-electron chi connectivity index (χ2n) is 15.3. The van der Waals surface area contributed by atoms with Crippen LogP contribution in [0.25, 0.3) is 22.3 Å². The number of benzene rings is 2. The molecule has 320 valence electrons. The highest BCUT2D eigenvalue weighted by molar-refractivity contribution is 7.92. The molecule has 0 radical (unpaired) electrons. The molecule has 1 aliphatic carbocycles. The van der Waals surface area contributed by atoms with Crippen LogP contribution >= 0.6 is 11.3 Å². The number of carboxylic acids is 1. The van der Waals surface area contributed by atoms with Crippen molar-refractivity contribution in [1.29, 1.82) is 0 Å². The van der Waals surface area contributed by atoms with Crippen LogP contribution in [0, 0.1) is 5.92 Å². The Morgan fingerprint density at radius 3 is 2.45 bits per heavy atom. The van der Waals surface area contributed by atoms with Crippen molar-refractivity contribution in [2.45, 2.75) is 95.4 Å². The molecule has 1 aliphatic heterocycles. The lowest BCUT2D eigenvalue weighted by molar-refractivity contribution is -0.137. The Labute approximate surface area is 353 Å². The van der Waals surface area contributed by atoms with E-state index in [9.17, 15) is 27.6 Å². The number of pyridine rings is 1. The first kappa shape index (κ1) is 44.0. The number of thiazole rings is 1. The van der Waals surface area contributed by atoms with Crippen molar-refractivity contribution in [2.24, 2.45) is 5.92 Å². The number of aliphatic carboxylic acids is 1. The van der Waals surface area contributed by atoms with Crippen LogP contribution in [0.4, 0.5) is 10.8 Å². The van der Waals surface area contributed by atoms with Crippen molar-refractivity contribution in [3.05, 3.63) is 72.6 Å². The highest BCUT2D eigenvalue weighted by Gasteiger charge is 2.61. The molecule has 3 amide bonds. The Morgan fingerprint density at radius 2 is 1.77 bits per heavy atom. The number of carboxylic acid groups (broad SMARTS) is 1. The fourth-order valence-electron chi connectivity index (χ4n) is 7.17. The molecule has 1 saturated heterocycles. The predicted octanol–water partition coefficient (Wildman–Crippen LogP) is 5.57. The number of carbonyl (C=O) groups is 4. The van der Waals surface area contributed by atoms with E-state index in [1.807, 2.05) is 43.5 Å². The normalized spacial score (nSPS) is 19.7. The summed E-state index contributed by atoms with van der Waals surface area (Å²) in [4.78, 5) is 61.5. The van der Waals surface area contributed by atoms with Crippen LogP contribution in [-0.4, -0.2) is 84.6 Å². The number of aromatic nitrogens is 2. The van der Waals surface area contributed by atoms with Gasteiger partial charge in [0.25, 0.3) is 5.91 Å². The van der Waals surface area contributed by atoms with Crippen LogP contribution in [0.15, 0.2) is 72.6 Å². The standard InChI is InChI=1S/C42H51N7O9S2/c1-5-27-23-42(27,40(54)48-60(55,56)49(28-14-10-9-11-15-28)37(50)16-12-7-6-8-13-17-38(51)52)47-39(53)34-21-30(24-43-34)58-36-22-33(35-25-59-41(46-35)44-26(2)3)45-32-20-29(57-4)18-19-31(32)36/h5,9-11,14-15,18-20,22,25-27,30,34,43H,1,6-8,12-13,16-17,21,23-24H2,2-4H3,(H,44,46)(H,47,53)(H,48,54)(H,51,52)/t27-,30-,34+,42-/m1/s1. The third-order valence-corrected chi connectivity index (χ3v) is 12.5. The number of fused-ring (bicyclic) bond motifs is 1. The highest BCUT2D eigenvalue weighted by Crippen LogP contribution is 2.45. The number of methoxy groups -OCH3 is 1. The zero-order valence-electron chi connectivity index (χ0n) is 33.8. The summed E-state index contributed by atoms with van der Waals surface area (Å²) < 4.78 is 42.4. The van der Waals surface area contributed by atoms with E-state index in [-0.39, 0.29) is 37.4 Å². The third kappa shape index (κ3) is 10.6. The van der Waals surface area contributed by atoms with E-state index in [2.05, 4.69) is 27.3 Å². The van der Waals surface area contributed by atoms with Crippen LogP contribution in [0.3, 0.4) is 0 Å². The number of unbranched alkanes of at least 4 members (excludes halogenated alkanes) is 4. The minimum atomic E-state index is -4.78. The maximum atomic E-state index is 13.9. The second-order valence-corrected chi connectivity index (χ2v) is 17.6. The number of amides is 3. The van der Waals surface area contributed by atoms with Gasteiger partial charge in [0, 0.05) is 60.7 Å². The van der Waals surface area contributed by atoms with Gasteiger partial charge in [-0.1, -0.05) is 43.5 Å². The summed E-state index contributed by atoms with van der Waals surface area (Å²) in [7, 11) is -3.20. The first-order chi connectivity index (χ1) is 28.7. The van der Waals surface area contributed by atoms with Gasteiger partial charge in [0.05, 0.1) is 30.0 Å². The number of nitrogens with one attached hydrogen (secondary N) is 4. The minimum Gasteiger partial charge on any atom is -0.497 e.